The minimum atomic E-state index is -4.73. The van der Waals surface area contributed by atoms with Crippen molar-refractivity contribution in [1.29, 1.82) is 0 Å². The summed E-state index contributed by atoms with van der Waals surface area (Å²) in [5, 5.41) is 0. The summed E-state index contributed by atoms with van der Waals surface area (Å²) >= 11 is 0. The smallest absolute Gasteiger partial charge is 0.429 e. The van der Waals surface area contributed by atoms with Gasteiger partial charge in [-0.1, -0.05) is 42.0 Å². The van der Waals surface area contributed by atoms with Gasteiger partial charge in [0.15, 0.2) is 5.84 Å². The third kappa shape index (κ3) is 4.36. The number of rotatable bonds is 3. The maximum absolute atomic E-state index is 13.6. The topological polar surface area (TPSA) is 76.0 Å². The molecule has 0 bridgehead atoms. The number of likely N-dealkylation sites (tertiary alicyclic amines) is 1. The van der Waals surface area contributed by atoms with Crippen LogP contribution in [0.5, 0.6) is 0 Å². The highest BCUT2D eigenvalue weighted by atomic mass is 32.2. The maximum Gasteiger partial charge on any atom is 0.429 e. The first-order valence-electron chi connectivity index (χ1n) is 10.1. The minimum absolute atomic E-state index is 0.127. The fourth-order valence-corrected chi connectivity index (χ4v) is 5.15. The number of benzene rings is 2. The monoisotopic (exact) mass is 466 g/mol. The summed E-state index contributed by atoms with van der Waals surface area (Å²) in [6, 6.07) is 12.1. The van der Waals surface area contributed by atoms with Gasteiger partial charge in [0.25, 0.3) is 10.0 Å². The second-order valence-electron chi connectivity index (χ2n) is 7.92. The number of hydrogen-bond donors (Lipinski definition) is 0. The molecule has 2 aromatic rings. The third-order valence-electron chi connectivity index (χ3n) is 5.65. The average Bonchev–Trinajstić information content (AvgIpc) is 3.03. The molecular weight excluding hydrogens is 445 g/mol. The molecule has 2 aromatic carbocycles. The lowest BCUT2D eigenvalue weighted by molar-refractivity contribution is -0.226. The number of carbonyl (C=O) groups is 1. The Balaban J connectivity index is 1.44. The summed E-state index contributed by atoms with van der Waals surface area (Å²) in [6.45, 7) is 2.32. The Labute approximate surface area is 183 Å². The van der Waals surface area contributed by atoms with E-state index in [1.165, 1.54) is 30.3 Å². The molecule has 1 atom stereocenters. The van der Waals surface area contributed by atoms with Crippen molar-refractivity contribution in [2.45, 2.75) is 36.9 Å². The van der Waals surface area contributed by atoms with Crippen molar-refractivity contribution in [3.8, 4) is 0 Å². The van der Waals surface area contributed by atoms with Gasteiger partial charge in [0.1, 0.15) is 4.90 Å². The Morgan fingerprint density at radius 2 is 1.72 bits per heavy atom. The van der Waals surface area contributed by atoms with E-state index in [4.69, 9.17) is 4.74 Å². The third-order valence-corrected chi connectivity index (χ3v) is 6.98. The highest BCUT2D eigenvalue weighted by Crippen LogP contribution is 2.37. The zero-order valence-corrected chi connectivity index (χ0v) is 18.0. The number of carbonyl (C=O) groups excluding carboxylic acids is 1. The van der Waals surface area contributed by atoms with Crippen LogP contribution in [0.1, 0.15) is 35.6 Å². The minimum Gasteiger partial charge on any atom is -0.447 e. The number of piperidine rings is 1. The van der Waals surface area contributed by atoms with E-state index < -0.39 is 34.2 Å². The Morgan fingerprint density at radius 3 is 2.34 bits per heavy atom. The van der Waals surface area contributed by atoms with Crippen LogP contribution < -0.4 is 0 Å². The van der Waals surface area contributed by atoms with Crippen molar-refractivity contribution in [2.75, 3.05) is 13.1 Å². The molecule has 32 heavy (non-hydrogen) atoms. The van der Waals surface area contributed by atoms with Crippen LogP contribution in [0.25, 0.3) is 0 Å². The molecule has 0 spiro atoms. The number of nitrogens with zero attached hydrogens (tertiary/aromatic N) is 2. The number of fused-ring (bicyclic) bond motifs is 1. The van der Waals surface area contributed by atoms with Crippen molar-refractivity contribution in [3.05, 3.63) is 65.2 Å². The maximum atomic E-state index is 13.6. The lowest BCUT2D eigenvalue weighted by Crippen LogP contribution is -2.41. The molecule has 0 N–H and O–H groups in total. The van der Waals surface area contributed by atoms with Crippen molar-refractivity contribution in [1.82, 2.24) is 4.90 Å². The summed E-state index contributed by atoms with van der Waals surface area (Å²) in [7, 11) is -3.77. The molecule has 0 radical (unpaired) electrons. The summed E-state index contributed by atoms with van der Waals surface area (Å²) in [5.41, 5.74) is 1.16. The lowest BCUT2D eigenvalue weighted by atomic mass is 9.96. The van der Waals surface area contributed by atoms with E-state index in [0.717, 1.165) is 5.56 Å². The molecule has 6 nitrogen and oxygen atoms in total. The van der Waals surface area contributed by atoms with Crippen LogP contribution in [0, 0.1) is 12.8 Å². The second-order valence-corrected chi connectivity index (χ2v) is 9.49. The SMILES string of the molecule is Cc1ccc([C@@H](OC(=O)C2CCN(C3=NS(=O)(=O)c4ccccc43)CC2)C(F)(F)F)cc1. The van der Waals surface area contributed by atoms with Gasteiger partial charge in [-0.05, 0) is 31.9 Å². The molecular formula is C22H21F3N2O4S. The number of amidine groups is 1. The van der Waals surface area contributed by atoms with Crippen LogP contribution in [-0.4, -0.2) is 44.4 Å². The summed E-state index contributed by atoms with van der Waals surface area (Å²) in [6.07, 6.45) is -6.59. The van der Waals surface area contributed by atoms with E-state index >= 15 is 0 Å². The zero-order chi connectivity index (χ0) is 23.1. The van der Waals surface area contributed by atoms with Gasteiger partial charge >= 0.3 is 12.1 Å². The highest BCUT2D eigenvalue weighted by molar-refractivity contribution is 7.90. The molecule has 170 valence electrons. The van der Waals surface area contributed by atoms with Gasteiger partial charge in [-0.15, -0.1) is 4.40 Å². The predicted octanol–water partition coefficient (Wildman–Crippen LogP) is 4.00. The van der Waals surface area contributed by atoms with Crippen LogP contribution in [-0.2, 0) is 19.6 Å². The van der Waals surface area contributed by atoms with Crippen molar-refractivity contribution < 1.29 is 31.1 Å². The molecule has 2 aliphatic heterocycles. The van der Waals surface area contributed by atoms with Gasteiger partial charge in [-0.25, -0.2) is 0 Å². The van der Waals surface area contributed by atoms with E-state index in [1.807, 2.05) is 0 Å². The van der Waals surface area contributed by atoms with E-state index in [0.29, 0.717) is 11.4 Å². The van der Waals surface area contributed by atoms with Crippen molar-refractivity contribution in [2.24, 2.45) is 10.3 Å². The van der Waals surface area contributed by atoms with Crippen LogP contribution in [0.3, 0.4) is 0 Å². The predicted molar refractivity (Wildman–Crippen MR) is 111 cm³/mol. The fraction of sp³-hybridized carbons (Fsp3) is 0.364. The fourth-order valence-electron chi connectivity index (χ4n) is 3.92. The second kappa shape index (κ2) is 8.23. The molecule has 1 saturated heterocycles. The average molecular weight is 466 g/mol. The number of sulfonamides is 1. The van der Waals surface area contributed by atoms with E-state index in [2.05, 4.69) is 4.40 Å². The van der Waals surface area contributed by atoms with Gasteiger partial charge < -0.3 is 9.64 Å². The first kappa shape index (κ1) is 22.3. The normalized spacial score (nSPS) is 19.2. The molecule has 2 heterocycles. The van der Waals surface area contributed by atoms with Crippen LogP contribution in [0.4, 0.5) is 13.2 Å². The van der Waals surface area contributed by atoms with Crippen LogP contribution in [0.2, 0.25) is 0 Å². The molecule has 4 rings (SSSR count). The Bertz CT molecular complexity index is 1150. The highest BCUT2D eigenvalue weighted by Gasteiger charge is 2.45. The lowest BCUT2D eigenvalue weighted by Gasteiger charge is -2.33. The molecule has 0 aromatic heterocycles. The molecule has 10 heteroatoms. The van der Waals surface area contributed by atoms with Gasteiger partial charge in [0, 0.05) is 24.2 Å². The van der Waals surface area contributed by atoms with Gasteiger partial charge in [0.05, 0.1) is 5.92 Å². The van der Waals surface area contributed by atoms with Gasteiger partial charge in [-0.2, -0.15) is 21.6 Å². The molecule has 0 saturated carbocycles. The largest absolute Gasteiger partial charge is 0.447 e. The molecule has 0 amide bonds. The molecule has 2 aliphatic rings. The Morgan fingerprint density at radius 1 is 1.09 bits per heavy atom. The first-order valence-corrected chi connectivity index (χ1v) is 11.5. The number of aryl methyl sites for hydroxylation is 1. The van der Waals surface area contributed by atoms with E-state index in [9.17, 15) is 26.4 Å². The van der Waals surface area contributed by atoms with Crippen LogP contribution in [0.15, 0.2) is 57.8 Å². The summed E-state index contributed by atoms with van der Waals surface area (Å²) < 4.78 is 74.0. The van der Waals surface area contributed by atoms with E-state index in [-0.39, 0.29) is 36.4 Å². The van der Waals surface area contributed by atoms with Gasteiger partial charge in [0.2, 0.25) is 6.10 Å². The number of hydrogen-bond acceptors (Lipinski definition) is 5. The summed E-state index contributed by atoms with van der Waals surface area (Å²) in [5.74, 6) is -1.32. The molecule has 0 unspecified atom stereocenters. The summed E-state index contributed by atoms with van der Waals surface area (Å²) in [4.78, 5) is 14.4. The number of halogens is 3. The van der Waals surface area contributed by atoms with Crippen molar-refractivity contribution >= 4 is 21.8 Å². The number of esters is 1. The van der Waals surface area contributed by atoms with Crippen molar-refractivity contribution in [3.63, 3.8) is 0 Å². The van der Waals surface area contributed by atoms with Gasteiger partial charge in [-0.3, -0.25) is 4.79 Å². The van der Waals surface area contributed by atoms with E-state index in [1.54, 1.807) is 30.0 Å². The molecule has 1 fully saturated rings. The first-order chi connectivity index (χ1) is 15.1. The number of alkyl halides is 3. The van der Waals surface area contributed by atoms with Crippen LogP contribution >= 0.6 is 0 Å². The standard InChI is InChI=1S/C22H21F3N2O4S/c1-14-6-8-15(9-7-14)19(22(23,24)25)31-21(28)16-10-12-27(13-11-16)20-17-4-2-3-5-18(17)32(29,30)26-20/h2-9,16,19H,10-13H2,1H3/t19-/m1/s1. The molecule has 0 aliphatic carbocycles. The zero-order valence-electron chi connectivity index (χ0n) is 17.2. The Kier molecular flexibility index (Phi) is 5.74. The quantitative estimate of drug-likeness (QED) is 0.639. The Hall–Kier alpha value is -2.88. The number of ether oxygens (including phenoxy) is 1.